The number of aromatic nitrogens is 2. The fraction of sp³-hybridized carbons (Fsp3) is 0. The largest absolute Gasteiger partial charge is 0.458 e. The highest BCUT2D eigenvalue weighted by Crippen LogP contribution is 2.49. The highest BCUT2D eigenvalue weighted by Gasteiger charge is 2.40. The lowest BCUT2D eigenvalue weighted by Gasteiger charge is -2.33. The third-order valence-corrected chi connectivity index (χ3v) is 13.6. The number of ether oxygens (including phenoxy) is 2. The highest BCUT2D eigenvalue weighted by atomic mass is 16.5. The second-order valence-corrected chi connectivity index (χ2v) is 17.2. The number of benzene rings is 10. The summed E-state index contributed by atoms with van der Waals surface area (Å²) in [6.45, 7) is -0.0127. The Morgan fingerprint density at radius 2 is 0.708 bits per heavy atom. The fourth-order valence-electron chi connectivity index (χ4n) is 10.8. The summed E-state index contributed by atoms with van der Waals surface area (Å²) < 4.78 is 18.8. The molecule has 0 aliphatic carbocycles. The molecule has 14 rings (SSSR count). The van der Waals surface area contributed by atoms with Gasteiger partial charge in [0.25, 0.3) is 6.71 Å². The first-order valence-corrected chi connectivity index (χ1v) is 22.3. The van der Waals surface area contributed by atoms with Crippen molar-refractivity contribution in [3.05, 3.63) is 224 Å². The van der Waals surface area contributed by atoms with Gasteiger partial charge in [-0.3, -0.25) is 0 Å². The Hall–Kier alpha value is -8.54. The molecule has 4 nitrogen and oxygen atoms in total. The van der Waals surface area contributed by atoms with E-state index in [1.54, 1.807) is 0 Å². The number of hydrogen-bond donors (Lipinski definition) is 0. The van der Waals surface area contributed by atoms with Crippen LogP contribution in [0.3, 0.4) is 0 Å². The van der Waals surface area contributed by atoms with Crippen LogP contribution in [-0.4, -0.2) is 15.8 Å². The zero-order chi connectivity index (χ0) is 42.6. The normalized spacial score (nSPS) is 12.5. The first kappa shape index (κ1) is 36.0. The lowest BCUT2D eigenvalue weighted by molar-refractivity contribution is 0.465. The molecule has 2 aromatic heterocycles. The van der Waals surface area contributed by atoms with Gasteiger partial charge in [-0.15, -0.1) is 0 Å². The minimum atomic E-state index is -0.0127. The summed E-state index contributed by atoms with van der Waals surface area (Å²) in [4.78, 5) is 0. The van der Waals surface area contributed by atoms with Crippen LogP contribution in [0.1, 0.15) is 0 Å². The summed E-state index contributed by atoms with van der Waals surface area (Å²) in [6, 6.07) is 80.8. The van der Waals surface area contributed by atoms with E-state index in [1.165, 1.54) is 43.8 Å². The van der Waals surface area contributed by atoms with Gasteiger partial charge in [0, 0.05) is 43.9 Å². The van der Waals surface area contributed by atoms with E-state index < -0.39 is 0 Å². The molecule has 0 amide bonds. The second kappa shape index (κ2) is 14.0. The standard InChI is InChI=1S/C60H37BN2O2/c1-3-15-38(16-4-1)40-27-31-43(32-28-40)62-49-23-11-7-19-45(49)58-51(62)37-52-59(46-20-8-12-24-50(46)63(52)44-33-29-41(30-34-44)39-17-5-2-6-18-39)57(58)42-35-55-60-56(36-42)65-54-26-14-10-22-48(54)61(60)47-21-9-13-25-53(47)64-55/h1-37H. The summed E-state index contributed by atoms with van der Waals surface area (Å²) in [5.41, 5.74) is 17.0. The van der Waals surface area contributed by atoms with E-state index in [1.807, 2.05) is 0 Å². The van der Waals surface area contributed by atoms with Gasteiger partial charge >= 0.3 is 0 Å². The minimum absolute atomic E-state index is 0.0127. The van der Waals surface area contributed by atoms with Gasteiger partial charge in [0.1, 0.15) is 23.0 Å². The van der Waals surface area contributed by atoms with Crippen LogP contribution < -0.4 is 25.9 Å². The number of fused-ring (bicyclic) bond motifs is 10. The minimum Gasteiger partial charge on any atom is -0.458 e. The smallest absolute Gasteiger partial charge is 0.260 e. The van der Waals surface area contributed by atoms with Gasteiger partial charge < -0.3 is 18.6 Å². The van der Waals surface area contributed by atoms with Crippen molar-refractivity contribution in [1.82, 2.24) is 9.13 Å². The predicted molar refractivity (Wildman–Crippen MR) is 269 cm³/mol. The Bertz CT molecular complexity index is 3620. The maximum absolute atomic E-state index is 6.95. The van der Waals surface area contributed by atoms with Gasteiger partial charge in [0.2, 0.25) is 0 Å². The second-order valence-electron chi connectivity index (χ2n) is 17.2. The molecule has 4 heterocycles. The topological polar surface area (TPSA) is 28.3 Å². The summed E-state index contributed by atoms with van der Waals surface area (Å²) in [5, 5.41) is 4.71. The van der Waals surface area contributed by atoms with Crippen molar-refractivity contribution in [3.8, 4) is 67.8 Å². The van der Waals surface area contributed by atoms with Crippen LogP contribution in [0, 0.1) is 0 Å². The molecule has 2 aliphatic rings. The Kier molecular flexibility index (Phi) is 7.75. The maximum Gasteiger partial charge on any atom is 0.260 e. The zero-order valence-electron chi connectivity index (χ0n) is 35.2. The number of rotatable bonds is 5. The van der Waals surface area contributed by atoms with E-state index in [4.69, 9.17) is 9.47 Å². The van der Waals surface area contributed by atoms with Gasteiger partial charge in [0.15, 0.2) is 0 Å². The quantitative estimate of drug-likeness (QED) is 0.162. The van der Waals surface area contributed by atoms with Crippen molar-refractivity contribution in [2.75, 3.05) is 0 Å². The summed E-state index contributed by atoms with van der Waals surface area (Å²) in [7, 11) is 0. The lowest BCUT2D eigenvalue weighted by atomic mass is 9.35. The van der Waals surface area contributed by atoms with E-state index >= 15 is 0 Å². The molecule has 12 aromatic rings. The number of nitrogens with zero attached hydrogens (tertiary/aromatic N) is 2. The number of para-hydroxylation sites is 4. The van der Waals surface area contributed by atoms with Gasteiger partial charge in [-0.2, -0.15) is 0 Å². The Morgan fingerprint density at radius 1 is 0.308 bits per heavy atom. The van der Waals surface area contributed by atoms with E-state index in [-0.39, 0.29) is 6.71 Å². The van der Waals surface area contributed by atoms with Crippen molar-refractivity contribution in [2.45, 2.75) is 0 Å². The van der Waals surface area contributed by atoms with Gasteiger partial charge in [0.05, 0.1) is 22.1 Å². The molecule has 0 saturated carbocycles. The highest BCUT2D eigenvalue weighted by molar-refractivity contribution is 6.98. The molecule has 0 unspecified atom stereocenters. The summed E-state index contributed by atoms with van der Waals surface area (Å²) in [6.07, 6.45) is 0. The molecular weight excluding hydrogens is 791 g/mol. The molecule has 10 aromatic carbocycles. The van der Waals surface area contributed by atoms with Gasteiger partial charge in [-0.1, -0.05) is 158 Å². The molecule has 0 fully saturated rings. The van der Waals surface area contributed by atoms with Gasteiger partial charge in [-0.05, 0) is 105 Å². The lowest BCUT2D eigenvalue weighted by Crippen LogP contribution is -2.57. The van der Waals surface area contributed by atoms with Crippen molar-refractivity contribution in [3.63, 3.8) is 0 Å². The van der Waals surface area contributed by atoms with Crippen LogP contribution in [0.25, 0.3) is 88.4 Å². The van der Waals surface area contributed by atoms with Crippen LogP contribution in [-0.2, 0) is 0 Å². The third kappa shape index (κ3) is 5.39. The SMILES string of the molecule is c1ccc(-c2ccc(-n3c4ccccc4c4c(-c5cc6c7c(c5)Oc5ccccc5B7c5ccccc5O6)c5c6ccccc6n(-c6ccc(-c7ccccc7)cc6)c5cc43)cc2)cc1. The van der Waals surface area contributed by atoms with Gasteiger partial charge in [-0.25, -0.2) is 0 Å². The molecule has 2 aliphatic heterocycles. The molecule has 0 radical (unpaired) electrons. The average Bonchev–Trinajstić information content (AvgIpc) is 3.88. The Balaban J connectivity index is 1.10. The van der Waals surface area contributed by atoms with Crippen LogP contribution in [0.5, 0.6) is 23.0 Å². The van der Waals surface area contributed by atoms with Crippen molar-refractivity contribution >= 4 is 66.7 Å². The molecule has 0 saturated heterocycles. The monoisotopic (exact) mass is 828 g/mol. The molecule has 5 heteroatoms. The average molecular weight is 829 g/mol. The molecule has 0 spiro atoms. The zero-order valence-corrected chi connectivity index (χ0v) is 35.2. The van der Waals surface area contributed by atoms with Crippen LogP contribution in [0.15, 0.2) is 224 Å². The van der Waals surface area contributed by atoms with Crippen molar-refractivity contribution < 1.29 is 9.47 Å². The third-order valence-electron chi connectivity index (χ3n) is 13.6. The maximum atomic E-state index is 6.95. The van der Waals surface area contributed by atoms with E-state index in [0.717, 1.165) is 84.0 Å². The van der Waals surface area contributed by atoms with E-state index in [0.29, 0.717) is 0 Å². The van der Waals surface area contributed by atoms with Crippen molar-refractivity contribution in [1.29, 1.82) is 0 Å². The molecule has 65 heavy (non-hydrogen) atoms. The first-order valence-electron chi connectivity index (χ1n) is 22.3. The molecule has 0 atom stereocenters. The van der Waals surface area contributed by atoms with E-state index in [9.17, 15) is 0 Å². The number of hydrogen-bond acceptors (Lipinski definition) is 2. The predicted octanol–water partition coefficient (Wildman–Crippen LogP) is 13.6. The summed E-state index contributed by atoms with van der Waals surface area (Å²) in [5.74, 6) is 3.39. The van der Waals surface area contributed by atoms with Crippen LogP contribution >= 0.6 is 0 Å². The van der Waals surface area contributed by atoms with E-state index in [2.05, 4.69) is 234 Å². The fourth-order valence-corrected chi connectivity index (χ4v) is 10.8. The van der Waals surface area contributed by atoms with Crippen LogP contribution in [0.2, 0.25) is 0 Å². The molecule has 302 valence electrons. The molecular formula is C60H37BN2O2. The Morgan fingerprint density at radius 3 is 1.18 bits per heavy atom. The Labute approximate surface area is 375 Å². The molecule has 0 N–H and O–H groups in total. The van der Waals surface area contributed by atoms with Crippen molar-refractivity contribution in [2.24, 2.45) is 0 Å². The van der Waals surface area contributed by atoms with Crippen LogP contribution in [0.4, 0.5) is 0 Å². The summed E-state index contributed by atoms with van der Waals surface area (Å²) >= 11 is 0. The first-order chi connectivity index (χ1) is 32.2. The molecule has 0 bridgehead atoms.